The van der Waals surface area contributed by atoms with Crippen LogP contribution in [0.1, 0.15) is 80.7 Å². The third-order valence-electron chi connectivity index (χ3n) is 5.62. The average molecular weight is 302 g/mol. The summed E-state index contributed by atoms with van der Waals surface area (Å²) >= 11 is 0. The Morgan fingerprint density at radius 1 is 1.05 bits per heavy atom. The predicted molar refractivity (Wildman–Crippen MR) is 91.4 cm³/mol. The molecule has 0 atom stereocenters. The fraction of sp³-hybridized carbons (Fsp3) is 0.737. The number of rotatable bonds is 4. The molecule has 0 radical (unpaired) electrons. The van der Waals surface area contributed by atoms with Crippen LogP contribution in [-0.4, -0.2) is 10.6 Å². The molecule has 2 fully saturated rings. The molecule has 22 heavy (non-hydrogen) atoms. The van der Waals surface area contributed by atoms with E-state index in [1.165, 1.54) is 57.8 Å². The van der Waals surface area contributed by atoms with Gasteiger partial charge in [0.1, 0.15) is 0 Å². The van der Waals surface area contributed by atoms with Gasteiger partial charge in [0.05, 0.1) is 0 Å². The molecular formula is C19H30N2O. The van der Waals surface area contributed by atoms with Gasteiger partial charge in [-0.05, 0) is 51.2 Å². The maximum atomic E-state index is 13.0. The first kappa shape index (κ1) is 15.8. The van der Waals surface area contributed by atoms with Crippen LogP contribution >= 0.6 is 0 Å². The lowest BCUT2D eigenvalue weighted by molar-refractivity contribution is 0.339. The van der Waals surface area contributed by atoms with E-state index in [-0.39, 0.29) is 5.56 Å². The normalized spacial score (nSPS) is 20.6. The second-order valence-electron chi connectivity index (χ2n) is 7.28. The van der Waals surface area contributed by atoms with E-state index >= 15 is 0 Å². The summed E-state index contributed by atoms with van der Waals surface area (Å²) in [6, 6.07) is 3.25. The molecule has 2 aliphatic carbocycles. The first-order valence-corrected chi connectivity index (χ1v) is 9.12. The van der Waals surface area contributed by atoms with Crippen molar-refractivity contribution in [2.24, 2.45) is 0 Å². The van der Waals surface area contributed by atoms with E-state index in [2.05, 4.69) is 29.8 Å². The molecule has 0 aliphatic heterocycles. The fourth-order valence-electron chi connectivity index (χ4n) is 4.33. The minimum absolute atomic E-state index is 0.259. The molecule has 3 heteroatoms. The van der Waals surface area contributed by atoms with E-state index in [1.807, 2.05) is 0 Å². The predicted octanol–water partition coefficient (Wildman–Crippen LogP) is 4.00. The van der Waals surface area contributed by atoms with E-state index in [0.717, 1.165) is 23.4 Å². The highest BCUT2D eigenvalue weighted by Gasteiger charge is 2.21. The number of hydrogen-bond donors (Lipinski definition) is 1. The summed E-state index contributed by atoms with van der Waals surface area (Å²) in [5.74, 6) is 0. The van der Waals surface area contributed by atoms with Gasteiger partial charge in [0.25, 0.3) is 5.56 Å². The quantitative estimate of drug-likeness (QED) is 0.912. The molecule has 0 spiro atoms. The molecule has 0 bridgehead atoms. The van der Waals surface area contributed by atoms with E-state index < -0.39 is 0 Å². The molecular weight excluding hydrogens is 272 g/mol. The average Bonchev–Trinajstić information content (AvgIpc) is 3.01. The summed E-state index contributed by atoms with van der Waals surface area (Å²) in [5.41, 5.74) is 3.54. The van der Waals surface area contributed by atoms with Crippen molar-refractivity contribution in [3.05, 3.63) is 33.2 Å². The van der Waals surface area contributed by atoms with Crippen molar-refractivity contribution in [2.45, 2.75) is 90.3 Å². The van der Waals surface area contributed by atoms with E-state index in [9.17, 15) is 4.79 Å². The van der Waals surface area contributed by atoms with Gasteiger partial charge in [0.15, 0.2) is 0 Å². The topological polar surface area (TPSA) is 34.0 Å². The van der Waals surface area contributed by atoms with E-state index in [1.54, 1.807) is 0 Å². The van der Waals surface area contributed by atoms with Gasteiger partial charge in [-0.3, -0.25) is 4.79 Å². The standard InChI is InChI=1S/C19H30N2O/c1-14-12-15(2)21(17-10-4-3-5-11-17)19(22)18(14)13-20-16-8-6-7-9-16/h12,16-17,20H,3-11,13H2,1-2H3. The van der Waals surface area contributed by atoms with E-state index in [4.69, 9.17) is 0 Å². The van der Waals surface area contributed by atoms with Gasteiger partial charge >= 0.3 is 0 Å². The Balaban J connectivity index is 1.83. The second-order valence-corrected chi connectivity index (χ2v) is 7.28. The first-order chi connectivity index (χ1) is 10.7. The second kappa shape index (κ2) is 6.99. The molecule has 2 aliphatic rings. The molecule has 1 N–H and O–H groups in total. The molecule has 3 nitrogen and oxygen atoms in total. The van der Waals surface area contributed by atoms with Crippen molar-refractivity contribution in [3.63, 3.8) is 0 Å². The van der Waals surface area contributed by atoms with Crippen molar-refractivity contribution in [3.8, 4) is 0 Å². The zero-order valence-electron chi connectivity index (χ0n) is 14.2. The summed E-state index contributed by atoms with van der Waals surface area (Å²) in [7, 11) is 0. The van der Waals surface area contributed by atoms with Crippen molar-refractivity contribution >= 4 is 0 Å². The number of nitrogens with zero attached hydrogens (tertiary/aromatic N) is 1. The van der Waals surface area contributed by atoms with Crippen LogP contribution in [0, 0.1) is 13.8 Å². The SMILES string of the molecule is Cc1cc(C)n(C2CCCCC2)c(=O)c1CNC1CCCC1. The van der Waals surface area contributed by atoms with Crippen LogP contribution in [0.4, 0.5) is 0 Å². The smallest absolute Gasteiger partial charge is 0.255 e. The molecule has 0 unspecified atom stereocenters. The summed E-state index contributed by atoms with van der Waals surface area (Å²) < 4.78 is 2.10. The maximum absolute atomic E-state index is 13.0. The van der Waals surface area contributed by atoms with Gasteiger partial charge in [-0.25, -0.2) is 0 Å². The summed E-state index contributed by atoms with van der Waals surface area (Å²) in [6.45, 7) is 4.92. The van der Waals surface area contributed by atoms with Gasteiger partial charge in [0.2, 0.25) is 0 Å². The Hall–Kier alpha value is -1.09. The lowest BCUT2D eigenvalue weighted by Gasteiger charge is -2.27. The van der Waals surface area contributed by atoms with Crippen LogP contribution in [0.5, 0.6) is 0 Å². The highest BCUT2D eigenvalue weighted by Crippen LogP contribution is 2.28. The van der Waals surface area contributed by atoms with Gasteiger partial charge in [-0.1, -0.05) is 32.1 Å². The van der Waals surface area contributed by atoms with Gasteiger partial charge in [-0.15, -0.1) is 0 Å². The van der Waals surface area contributed by atoms with Crippen LogP contribution in [-0.2, 0) is 6.54 Å². The zero-order valence-corrected chi connectivity index (χ0v) is 14.2. The summed E-state index contributed by atoms with van der Waals surface area (Å²) in [5, 5.41) is 3.62. The number of pyridine rings is 1. The maximum Gasteiger partial charge on any atom is 0.255 e. The Morgan fingerprint density at radius 2 is 1.68 bits per heavy atom. The van der Waals surface area contributed by atoms with Gasteiger partial charge in [0, 0.05) is 29.9 Å². The molecule has 0 saturated heterocycles. The van der Waals surface area contributed by atoms with Gasteiger partial charge < -0.3 is 9.88 Å². The first-order valence-electron chi connectivity index (χ1n) is 9.12. The lowest BCUT2D eigenvalue weighted by Crippen LogP contribution is -2.35. The highest BCUT2D eigenvalue weighted by atomic mass is 16.1. The molecule has 1 heterocycles. The molecule has 0 aromatic carbocycles. The molecule has 122 valence electrons. The van der Waals surface area contributed by atoms with Crippen LogP contribution in [0.25, 0.3) is 0 Å². The van der Waals surface area contributed by atoms with Gasteiger partial charge in [-0.2, -0.15) is 0 Å². The third kappa shape index (κ3) is 3.29. The molecule has 1 aromatic rings. The molecule has 1 aromatic heterocycles. The van der Waals surface area contributed by atoms with Crippen LogP contribution in [0.15, 0.2) is 10.9 Å². The Kier molecular flexibility index (Phi) is 5.02. The van der Waals surface area contributed by atoms with Crippen molar-refractivity contribution < 1.29 is 0 Å². The Bertz CT molecular complexity index is 564. The Labute approximate surface area is 134 Å². The fourth-order valence-corrected chi connectivity index (χ4v) is 4.33. The lowest BCUT2D eigenvalue weighted by atomic mass is 9.94. The number of hydrogen-bond acceptors (Lipinski definition) is 2. The van der Waals surface area contributed by atoms with Crippen molar-refractivity contribution in [1.82, 2.24) is 9.88 Å². The zero-order chi connectivity index (χ0) is 15.5. The highest BCUT2D eigenvalue weighted by molar-refractivity contribution is 5.27. The number of aryl methyl sites for hydroxylation is 2. The van der Waals surface area contributed by atoms with Crippen LogP contribution in [0.3, 0.4) is 0 Å². The molecule has 3 rings (SSSR count). The Morgan fingerprint density at radius 3 is 2.36 bits per heavy atom. The van der Waals surface area contributed by atoms with Crippen molar-refractivity contribution in [1.29, 1.82) is 0 Å². The monoisotopic (exact) mass is 302 g/mol. The van der Waals surface area contributed by atoms with Crippen LogP contribution in [0.2, 0.25) is 0 Å². The summed E-state index contributed by atoms with van der Waals surface area (Å²) in [6.07, 6.45) is 11.4. The largest absolute Gasteiger partial charge is 0.310 e. The third-order valence-corrected chi connectivity index (χ3v) is 5.62. The van der Waals surface area contributed by atoms with Crippen molar-refractivity contribution in [2.75, 3.05) is 0 Å². The van der Waals surface area contributed by atoms with Crippen LogP contribution < -0.4 is 10.9 Å². The van der Waals surface area contributed by atoms with E-state index in [0.29, 0.717) is 12.1 Å². The minimum atomic E-state index is 0.259. The number of aromatic nitrogens is 1. The number of nitrogens with one attached hydrogen (secondary N) is 1. The minimum Gasteiger partial charge on any atom is -0.310 e. The summed E-state index contributed by atoms with van der Waals surface area (Å²) in [4.78, 5) is 13.0. The molecule has 2 saturated carbocycles. The molecule has 0 amide bonds.